The van der Waals surface area contributed by atoms with Gasteiger partial charge >= 0.3 is 18.5 Å². The van der Waals surface area contributed by atoms with Gasteiger partial charge in [-0.1, -0.05) is 24.3 Å². The molecule has 1 fully saturated rings. The average molecular weight is 498 g/mol. The van der Waals surface area contributed by atoms with Gasteiger partial charge in [0, 0.05) is 0 Å². The fourth-order valence-electron chi connectivity index (χ4n) is 3.40. The molecule has 0 spiro atoms. The van der Waals surface area contributed by atoms with Crippen molar-refractivity contribution in [3.05, 3.63) is 48.5 Å². The van der Waals surface area contributed by atoms with Crippen molar-refractivity contribution in [3.8, 4) is 16.9 Å². The summed E-state index contributed by atoms with van der Waals surface area (Å²) < 4.78 is 78.6. The maximum atomic E-state index is 13.1. The first kappa shape index (κ1) is 25.9. The van der Waals surface area contributed by atoms with Gasteiger partial charge in [-0.25, -0.2) is 8.42 Å². The Morgan fingerprint density at radius 1 is 1.00 bits per heavy atom. The van der Waals surface area contributed by atoms with Crippen LogP contribution in [0.1, 0.15) is 12.8 Å². The SMILES string of the molecule is Cl.O=C(O)C1(S(=O)(=O)c2ccc(-c3ccc(OC(F)(F)C(F)F)cc3)cc2)CCNCC1. The highest BCUT2D eigenvalue weighted by molar-refractivity contribution is 7.93. The molecule has 176 valence electrons. The van der Waals surface area contributed by atoms with Gasteiger partial charge in [-0.15, -0.1) is 12.4 Å². The summed E-state index contributed by atoms with van der Waals surface area (Å²) in [4.78, 5) is 11.7. The Morgan fingerprint density at radius 2 is 1.47 bits per heavy atom. The van der Waals surface area contributed by atoms with Crippen LogP contribution in [0.25, 0.3) is 11.1 Å². The maximum Gasteiger partial charge on any atom is 0.461 e. The Kier molecular flexibility index (Phi) is 7.79. The van der Waals surface area contributed by atoms with Gasteiger partial charge in [-0.05, 0) is 61.3 Å². The molecule has 12 heteroatoms. The van der Waals surface area contributed by atoms with Crippen LogP contribution in [0, 0.1) is 0 Å². The standard InChI is InChI=1S/C20H19F4NO5S.ClH/c21-17(22)20(23,24)30-15-5-1-13(2-6-15)14-3-7-16(8-4-14)31(28,29)19(18(26)27)9-11-25-12-10-19;/h1-8,17,25H,9-12H2,(H,26,27);1H. The van der Waals surface area contributed by atoms with E-state index < -0.39 is 38.8 Å². The van der Waals surface area contributed by atoms with Crippen LogP contribution >= 0.6 is 12.4 Å². The third-order valence-electron chi connectivity index (χ3n) is 5.18. The van der Waals surface area contributed by atoms with E-state index in [2.05, 4.69) is 10.1 Å². The molecule has 1 heterocycles. The number of hydrogen-bond acceptors (Lipinski definition) is 5. The molecule has 0 amide bonds. The van der Waals surface area contributed by atoms with Gasteiger partial charge < -0.3 is 15.2 Å². The molecule has 0 aromatic heterocycles. The maximum absolute atomic E-state index is 13.1. The zero-order valence-electron chi connectivity index (χ0n) is 16.4. The van der Waals surface area contributed by atoms with Crippen molar-refractivity contribution >= 4 is 28.2 Å². The molecule has 1 saturated heterocycles. The molecular weight excluding hydrogens is 478 g/mol. The molecule has 2 N–H and O–H groups in total. The van der Waals surface area contributed by atoms with E-state index in [1.54, 1.807) is 0 Å². The molecule has 0 saturated carbocycles. The lowest BCUT2D eigenvalue weighted by Crippen LogP contribution is -2.53. The third kappa shape index (κ3) is 4.84. The largest absolute Gasteiger partial charge is 0.480 e. The number of rotatable bonds is 7. The number of aliphatic carboxylic acids is 1. The van der Waals surface area contributed by atoms with Crippen LogP contribution in [0.15, 0.2) is 53.4 Å². The van der Waals surface area contributed by atoms with Gasteiger partial charge in [-0.2, -0.15) is 17.6 Å². The van der Waals surface area contributed by atoms with E-state index in [4.69, 9.17) is 0 Å². The van der Waals surface area contributed by atoms with E-state index in [9.17, 15) is 35.9 Å². The minimum absolute atomic E-state index is 0. The van der Waals surface area contributed by atoms with Crippen molar-refractivity contribution in [2.75, 3.05) is 13.1 Å². The van der Waals surface area contributed by atoms with Crippen LogP contribution in [-0.4, -0.2) is 49.9 Å². The second-order valence-electron chi connectivity index (χ2n) is 7.07. The number of alkyl halides is 4. The number of carbonyl (C=O) groups is 1. The topological polar surface area (TPSA) is 92.7 Å². The predicted molar refractivity (Wildman–Crippen MR) is 110 cm³/mol. The van der Waals surface area contributed by atoms with E-state index >= 15 is 0 Å². The first-order chi connectivity index (χ1) is 14.5. The van der Waals surface area contributed by atoms with Gasteiger partial charge in [0.2, 0.25) is 0 Å². The zero-order chi connectivity index (χ0) is 22.9. The lowest BCUT2D eigenvalue weighted by atomic mass is 9.97. The lowest BCUT2D eigenvalue weighted by molar-refractivity contribution is -0.253. The van der Waals surface area contributed by atoms with E-state index in [1.165, 1.54) is 36.4 Å². The molecule has 0 atom stereocenters. The summed E-state index contributed by atoms with van der Waals surface area (Å²) in [7, 11) is -4.17. The Labute approximate surface area is 187 Å². The van der Waals surface area contributed by atoms with Crippen LogP contribution in [0.3, 0.4) is 0 Å². The van der Waals surface area contributed by atoms with Crippen molar-refractivity contribution < 1.29 is 40.6 Å². The minimum Gasteiger partial charge on any atom is -0.480 e. The number of carboxylic acid groups (broad SMARTS) is 1. The average Bonchev–Trinajstić information content (AvgIpc) is 2.74. The molecule has 3 rings (SSSR count). The summed E-state index contributed by atoms with van der Waals surface area (Å²) >= 11 is 0. The Morgan fingerprint density at radius 3 is 1.91 bits per heavy atom. The zero-order valence-corrected chi connectivity index (χ0v) is 18.1. The van der Waals surface area contributed by atoms with Crippen LogP contribution in [0.5, 0.6) is 5.75 Å². The molecule has 0 unspecified atom stereocenters. The first-order valence-corrected chi connectivity index (χ1v) is 10.7. The Hall–Kier alpha value is -2.37. The molecule has 2 aromatic rings. The van der Waals surface area contributed by atoms with Gasteiger partial charge in [0.25, 0.3) is 0 Å². The van der Waals surface area contributed by atoms with Crippen molar-refractivity contribution in [2.45, 2.75) is 35.0 Å². The molecule has 0 bridgehead atoms. The molecule has 1 aliphatic heterocycles. The Bertz CT molecular complexity index is 1040. The van der Waals surface area contributed by atoms with Gasteiger partial charge in [0.15, 0.2) is 14.6 Å². The summed E-state index contributed by atoms with van der Waals surface area (Å²) in [5.41, 5.74) is 1.01. The van der Waals surface area contributed by atoms with Crippen molar-refractivity contribution in [1.29, 1.82) is 0 Å². The highest BCUT2D eigenvalue weighted by atomic mass is 35.5. The smallest absolute Gasteiger partial charge is 0.461 e. The molecule has 0 aliphatic carbocycles. The lowest BCUT2D eigenvalue weighted by Gasteiger charge is -2.33. The number of hydrogen-bond donors (Lipinski definition) is 2. The molecule has 6 nitrogen and oxygen atoms in total. The van der Waals surface area contributed by atoms with E-state index in [0.717, 1.165) is 12.1 Å². The quantitative estimate of drug-likeness (QED) is 0.562. The third-order valence-corrected chi connectivity index (χ3v) is 7.68. The summed E-state index contributed by atoms with van der Waals surface area (Å²) in [6.45, 7) is 0.533. The second kappa shape index (κ2) is 9.63. The molecular formula is C20H20ClF4NO5S. The number of halogens is 5. The number of nitrogens with one attached hydrogen (secondary N) is 1. The summed E-state index contributed by atoms with van der Waals surface area (Å²) in [6.07, 6.45) is -8.71. The number of ether oxygens (including phenoxy) is 1. The summed E-state index contributed by atoms with van der Waals surface area (Å²) in [6, 6.07) is 10.4. The Balaban J connectivity index is 0.00000363. The van der Waals surface area contributed by atoms with E-state index in [-0.39, 0.29) is 43.2 Å². The number of piperidine rings is 1. The monoisotopic (exact) mass is 497 g/mol. The number of benzene rings is 2. The molecule has 1 aliphatic rings. The van der Waals surface area contributed by atoms with Crippen LogP contribution in [0.4, 0.5) is 17.6 Å². The molecule has 0 radical (unpaired) electrons. The van der Waals surface area contributed by atoms with Crippen LogP contribution in [-0.2, 0) is 14.6 Å². The first-order valence-electron chi connectivity index (χ1n) is 9.24. The van der Waals surface area contributed by atoms with Crippen molar-refractivity contribution in [2.24, 2.45) is 0 Å². The second-order valence-corrected chi connectivity index (χ2v) is 9.33. The van der Waals surface area contributed by atoms with Crippen LogP contribution < -0.4 is 10.1 Å². The fourth-order valence-corrected chi connectivity index (χ4v) is 5.31. The normalized spacial score (nSPS) is 16.3. The summed E-state index contributed by atoms with van der Waals surface area (Å²) in [5.74, 6) is -1.85. The van der Waals surface area contributed by atoms with E-state index in [1.807, 2.05) is 0 Å². The summed E-state index contributed by atoms with van der Waals surface area (Å²) in [5, 5.41) is 12.6. The fraction of sp³-hybridized carbons (Fsp3) is 0.350. The van der Waals surface area contributed by atoms with E-state index in [0.29, 0.717) is 11.1 Å². The molecule has 32 heavy (non-hydrogen) atoms. The number of sulfone groups is 1. The van der Waals surface area contributed by atoms with Gasteiger partial charge in [-0.3, -0.25) is 4.79 Å². The predicted octanol–water partition coefficient (Wildman–Crippen LogP) is 3.99. The highest BCUT2D eigenvalue weighted by Gasteiger charge is 2.52. The van der Waals surface area contributed by atoms with Crippen molar-refractivity contribution in [3.63, 3.8) is 0 Å². The van der Waals surface area contributed by atoms with Gasteiger partial charge in [0.05, 0.1) is 4.90 Å². The van der Waals surface area contributed by atoms with Crippen LogP contribution in [0.2, 0.25) is 0 Å². The molecule has 2 aromatic carbocycles. The van der Waals surface area contributed by atoms with Crippen molar-refractivity contribution in [1.82, 2.24) is 5.32 Å². The van der Waals surface area contributed by atoms with Gasteiger partial charge in [0.1, 0.15) is 5.75 Å². The number of carboxylic acids is 1. The highest BCUT2D eigenvalue weighted by Crippen LogP contribution is 2.35. The minimum atomic E-state index is -4.62.